The van der Waals surface area contributed by atoms with Crippen LogP contribution in [-0.2, 0) is 5.41 Å². The molecule has 2 fully saturated rings. The minimum absolute atomic E-state index is 0.366. The summed E-state index contributed by atoms with van der Waals surface area (Å²) < 4.78 is 0. The van der Waals surface area contributed by atoms with Gasteiger partial charge >= 0.3 is 0 Å². The molecule has 2 atom stereocenters. The molecule has 1 saturated heterocycles. The third kappa shape index (κ3) is 1.91. The smallest absolute Gasteiger partial charge is 0.0678 e. The molecule has 0 amide bonds. The summed E-state index contributed by atoms with van der Waals surface area (Å²) in [6.45, 7) is 5.37. The molecule has 3 heteroatoms. The number of nitrogens with zero attached hydrogens (tertiary/aromatic N) is 3. The zero-order valence-corrected chi connectivity index (χ0v) is 13.9. The van der Waals surface area contributed by atoms with Gasteiger partial charge in [0.2, 0.25) is 0 Å². The van der Waals surface area contributed by atoms with Crippen molar-refractivity contribution in [1.82, 2.24) is 15.1 Å². The molecule has 1 aliphatic carbocycles. The van der Waals surface area contributed by atoms with Crippen LogP contribution in [0.15, 0.2) is 18.2 Å². The number of likely N-dealkylation sites (tertiary alicyclic amines) is 1. The van der Waals surface area contributed by atoms with Gasteiger partial charge in [0.15, 0.2) is 0 Å². The van der Waals surface area contributed by atoms with Crippen molar-refractivity contribution in [2.75, 3.05) is 13.6 Å². The SMILES string of the molecule is Cc1nnc(C)c2cc([C@@]34CCCC[C@@H]3N(C)CC4)ccc12. The number of likely N-dealkylation sites (N-methyl/N-ethyl adjacent to an activating group) is 1. The average molecular weight is 295 g/mol. The van der Waals surface area contributed by atoms with E-state index in [0.717, 1.165) is 17.4 Å². The van der Waals surface area contributed by atoms with E-state index in [1.165, 1.54) is 55.0 Å². The van der Waals surface area contributed by atoms with Crippen LogP contribution in [0.4, 0.5) is 0 Å². The predicted molar refractivity (Wildman–Crippen MR) is 90.2 cm³/mol. The minimum atomic E-state index is 0.366. The molecule has 3 nitrogen and oxygen atoms in total. The maximum atomic E-state index is 4.33. The summed E-state index contributed by atoms with van der Waals surface area (Å²) in [4.78, 5) is 2.59. The Labute approximate surface area is 132 Å². The first kappa shape index (κ1) is 14.1. The third-order valence-electron chi connectivity index (χ3n) is 6.16. The molecule has 0 bridgehead atoms. The van der Waals surface area contributed by atoms with E-state index < -0.39 is 0 Å². The maximum absolute atomic E-state index is 4.33. The van der Waals surface area contributed by atoms with Crippen LogP contribution >= 0.6 is 0 Å². The molecule has 0 spiro atoms. The number of hydrogen-bond donors (Lipinski definition) is 0. The number of aromatic nitrogens is 2. The van der Waals surface area contributed by atoms with E-state index in [1.807, 2.05) is 0 Å². The third-order valence-corrected chi connectivity index (χ3v) is 6.16. The van der Waals surface area contributed by atoms with Crippen molar-refractivity contribution in [2.24, 2.45) is 0 Å². The summed E-state index contributed by atoms with van der Waals surface area (Å²) in [7, 11) is 2.31. The predicted octanol–water partition coefficient (Wildman–Crippen LogP) is 3.76. The van der Waals surface area contributed by atoms with Crippen LogP contribution in [0.25, 0.3) is 10.8 Å². The lowest BCUT2D eigenvalue weighted by molar-refractivity contribution is 0.182. The summed E-state index contributed by atoms with van der Waals surface area (Å²) >= 11 is 0. The monoisotopic (exact) mass is 295 g/mol. The second-order valence-corrected chi connectivity index (χ2v) is 7.28. The summed E-state index contributed by atoms with van der Waals surface area (Å²) in [6, 6.07) is 7.79. The number of benzene rings is 1. The van der Waals surface area contributed by atoms with Crippen LogP contribution in [0.1, 0.15) is 49.1 Å². The molecule has 22 heavy (non-hydrogen) atoms. The molecule has 1 aromatic carbocycles. The fourth-order valence-electron chi connectivity index (χ4n) is 4.89. The van der Waals surface area contributed by atoms with Crippen molar-refractivity contribution in [3.05, 3.63) is 35.2 Å². The quantitative estimate of drug-likeness (QED) is 0.802. The zero-order valence-electron chi connectivity index (χ0n) is 13.9. The second-order valence-electron chi connectivity index (χ2n) is 7.28. The van der Waals surface area contributed by atoms with Crippen molar-refractivity contribution in [3.8, 4) is 0 Å². The molecule has 1 aromatic heterocycles. The van der Waals surface area contributed by atoms with Gasteiger partial charge in [0.05, 0.1) is 11.4 Å². The number of fused-ring (bicyclic) bond motifs is 2. The standard InChI is InChI=1S/C19H25N3/c1-13-16-8-7-15(12-17(16)14(2)21-20-13)19-9-5-4-6-18(19)22(3)11-10-19/h7-8,12,18H,4-6,9-11H2,1-3H3/t18-,19-/m0/s1. The van der Waals surface area contributed by atoms with E-state index in [-0.39, 0.29) is 0 Å². The first-order valence-corrected chi connectivity index (χ1v) is 8.56. The summed E-state index contributed by atoms with van der Waals surface area (Å²) in [6.07, 6.45) is 6.74. The van der Waals surface area contributed by atoms with Crippen molar-refractivity contribution in [1.29, 1.82) is 0 Å². The molecule has 116 valence electrons. The molecule has 2 aliphatic rings. The van der Waals surface area contributed by atoms with E-state index in [2.05, 4.69) is 54.2 Å². The fraction of sp³-hybridized carbons (Fsp3) is 0.579. The van der Waals surface area contributed by atoms with Crippen molar-refractivity contribution in [2.45, 2.75) is 57.4 Å². The van der Waals surface area contributed by atoms with Crippen LogP contribution in [0, 0.1) is 13.8 Å². The summed E-state index contributed by atoms with van der Waals surface area (Å²) in [5.74, 6) is 0. The highest BCUT2D eigenvalue weighted by Crippen LogP contribution is 2.48. The highest BCUT2D eigenvalue weighted by Gasteiger charge is 2.48. The molecule has 4 rings (SSSR count). The van der Waals surface area contributed by atoms with Crippen LogP contribution in [-0.4, -0.2) is 34.7 Å². The van der Waals surface area contributed by atoms with Crippen LogP contribution in [0.5, 0.6) is 0 Å². The first-order valence-electron chi connectivity index (χ1n) is 8.56. The Bertz CT molecular complexity index is 720. The molecule has 2 aromatic rings. The van der Waals surface area contributed by atoms with Crippen LogP contribution in [0.2, 0.25) is 0 Å². The second kappa shape index (κ2) is 5.02. The van der Waals surface area contributed by atoms with E-state index in [1.54, 1.807) is 0 Å². The maximum Gasteiger partial charge on any atom is 0.0678 e. The van der Waals surface area contributed by atoms with E-state index >= 15 is 0 Å². The Balaban J connectivity index is 1.88. The minimum Gasteiger partial charge on any atom is -0.302 e. The van der Waals surface area contributed by atoms with E-state index in [9.17, 15) is 0 Å². The fourth-order valence-corrected chi connectivity index (χ4v) is 4.89. The van der Waals surface area contributed by atoms with Gasteiger partial charge in [0.25, 0.3) is 0 Å². The van der Waals surface area contributed by atoms with Gasteiger partial charge in [-0.05, 0) is 58.3 Å². The number of rotatable bonds is 1. The molecule has 0 N–H and O–H groups in total. The van der Waals surface area contributed by atoms with Gasteiger partial charge in [-0.15, -0.1) is 0 Å². The van der Waals surface area contributed by atoms with Crippen molar-refractivity contribution < 1.29 is 0 Å². The van der Waals surface area contributed by atoms with E-state index in [4.69, 9.17) is 0 Å². The normalized spacial score (nSPS) is 29.0. The highest BCUT2D eigenvalue weighted by molar-refractivity contribution is 5.86. The van der Waals surface area contributed by atoms with Gasteiger partial charge in [-0.2, -0.15) is 10.2 Å². The average Bonchev–Trinajstić information content (AvgIpc) is 2.90. The van der Waals surface area contributed by atoms with Crippen molar-refractivity contribution in [3.63, 3.8) is 0 Å². The zero-order chi connectivity index (χ0) is 15.3. The Morgan fingerprint density at radius 2 is 1.82 bits per heavy atom. The van der Waals surface area contributed by atoms with Gasteiger partial charge in [0.1, 0.15) is 0 Å². The topological polar surface area (TPSA) is 29.0 Å². The number of hydrogen-bond acceptors (Lipinski definition) is 3. The van der Waals surface area contributed by atoms with Crippen molar-refractivity contribution >= 4 is 10.8 Å². The lowest BCUT2D eigenvalue weighted by Crippen LogP contribution is -2.43. The lowest BCUT2D eigenvalue weighted by atomic mass is 9.66. The van der Waals surface area contributed by atoms with Gasteiger partial charge in [-0.1, -0.05) is 25.0 Å². The Kier molecular flexibility index (Phi) is 3.23. The van der Waals surface area contributed by atoms with E-state index in [0.29, 0.717) is 5.41 Å². The van der Waals surface area contributed by atoms with Crippen LogP contribution in [0.3, 0.4) is 0 Å². The van der Waals surface area contributed by atoms with Gasteiger partial charge in [-0.25, -0.2) is 0 Å². The molecule has 1 saturated carbocycles. The van der Waals surface area contributed by atoms with Gasteiger partial charge in [0, 0.05) is 22.2 Å². The molecule has 1 aliphatic heterocycles. The Morgan fingerprint density at radius 1 is 1.05 bits per heavy atom. The molecular formula is C19H25N3. The highest BCUT2D eigenvalue weighted by atomic mass is 15.2. The summed E-state index contributed by atoms with van der Waals surface area (Å²) in [5.41, 5.74) is 3.99. The molecule has 0 unspecified atom stereocenters. The largest absolute Gasteiger partial charge is 0.302 e. The Hall–Kier alpha value is -1.48. The molecule has 2 heterocycles. The van der Waals surface area contributed by atoms with Gasteiger partial charge < -0.3 is 4.90 Å². The number of aryl methyl sites for hydroxylation is 2. The van der Waals surface area contributed by atoms with Gasteiger partial charge in [-0.3, -0.25) is 0 Å². The Morgan fingerprint density at radius 3 is 2.64 bits per heavy atom. The summed E-state index contributed by atoms with van der Waals surface area (Å²) in [5, 5.41) is 11.1. The molecule has 0 radical (unpaired) electrons. The van der Waals surface area contributed by atoms with Crippen LogP contribution < -0.4 is 0 Å². The first-order chi connectivity index (χ1) is 10.6. The lowest BCUT2D eigenvalue weighted by Gasteiger charge is -2.42. The molecular weight excluding hydrogens is 270 g/mol.